The first-order valence-electron chi connectivity index (χ1n) is 6.08. The monoisotopic (exact) mass is 270 g/mol. The highest BCUT2D eigenvalue weighted by molar-refractivity contribution is 6.00. The molecule has 0 aliphatic carbocycles. The Morgan fingerprint density at radius 1 is 1.30 bits per heavy atom. The van der Waals surface area contributed by atoms with Gasteiger partial charge in [-0.15, -0.1) is 0 Å². The summed E-state index contributed by atoms with van der Waals surface area (Å²) >= 11 is 0. The third kappa shape index (κ3) is 2.25. The summed E-state index contributed by atoms with van der Waals surface area (Å²) in [5.74, 6) is -1.29. The lowest BCUT2D eigenvalue weighted by molar-refractivity contribution is 0.0699. The van der Waals surface area contributed by atoms with E-state index in [-0.39, 0.29) is 11.4 Å². The van der Waals surface area contributed by atoms with E-state index in [1.807, 2.05) is 6.07 Å². The van der Waals surface area contributed by atoms with Gasteiger partial charge in [-0.25, -0.2) is 9.18 Å². The Hall–Kier alpha value is -2.69. The Labute approximate surface area is 113 Å². The molecule has 100 valence electrons. The normalized spacial score (nSPS) is 10.8. The Balaban J connectivity index is 2.01. The van der Waals surface area contributed by atoms with E-state index >= 15 is 0 Å². The number of halogens is 1. The summed E-state index contributed by atoms with van der Waals surface area (Å²) in [6.45, 7) is 0. The maximum atomic E-state index is 13.1. The molecule has 5 heteroatoms. The van der Waals surface area contributed by atoms with Crippen LogP contribution in [-0.2, 0) is 6.42 Å². The predicted octanol–water partition coefficient (Wildman–Crippen LogP) is 2.99. The van der Waals surface area contributed by atoms with E-state index in [1.165, 1.54) is 24.4 Å². The van der Waals surface area contributed by atoms with Crippen LogP contribution >= 0.6 is 0 Å². The first kappa shape index (κ1) is 12.3. The number of rotatable bonds is 3. The van der Waals surface area contributed by atoms with Gasteiger partial charge in [-0.05, 0) is 29.8 Å². The lowest BCUT2D eigenvalue weighted by Gasteiger charge is -1.99. The van der Waals surface area contributed by atoms with Crippen molar-refractivity contribution in [2.45, 2.75) is 6.42 Å². The highest BCUT2D eigenvalue weighted by atomic mass is 19.1. The van der Waals surface area contributed by atoms with Crippen molar-refractivity contribution in [1.82, 2.24) is 9.97 Å². The van der Waals surface area contributed by atoms with Crippen LogP contribution in [-0.4, -0.2) is 21.0 Å². The van der Waals surface area contributed by atoms with Crippen molar-refractivity contribution in [2.24, 2.45) is 0 Å². The molecule has 4 nitrogen and oxygen atoms in total. The Bertz CT molecular complexity index is 795. The molecule has 1 aromatic carbocycles. The molecule has 2 N–H and O–H groups in total. The summed E-state index contributed by atoms with van der Waals surface area (Å²) in [5.41, 5.74) is 2.88. The molecule has 20 heavy (non-hydrogen) atoms. The first-order valence-corrected chi connectivity index (χ1v) is 6.08. The summed E-state index contributed by atoms with van der Waals surface area (Å²) in [6.07, 6.45) is 1.96. The van der Waals surface area contributed by atoms with Crippen LogP contribution in [0.15, 0.2) is 42.6 Å². The number of carboxylic acid groups (broad SMARTS) is 1. The van der Waals surface area contributed by atoms with Crippen LogP contribution in [0.2, 0.25) is 0 Å². The summed E-state index contributed by atoms with van der Waals surface area (Å²) in [6, 6.07) is 9.55. The van der Waals surface area contributed by atoms with Gasteiger partial charge in [0.1, 0.15) is 5.82 Å². The predicted molar refractivity (Wildman–Crippen MR) is 72.3 cm³/mol. The van der Waals surface area contributed by atoms with Gasteiger partial charge in [-0.2, -0.15) is 0 Å². The quantitative estimate of drug-likeness (QED) is 0.768. The Kier molecular flexibility index (Phi) is 2.95. The summed E-state index contributed by atoms with van der Waals surface area (Å²) in [7, 11) is 0. The minimum Gasteiger partial charge on any atom is -0.478 e. The summed E-state index contributed by atoms with van der Waals surface area (Å²) in [4.78, 5) is 18.3. The number of hydrogen-bond donors (Lipinski definition) is 2. The number of aromatic amines is 1. The van der Waals surface area contributed by atoms with Gasteiger partial charge in [0.25, 0.3) is 0 Å². The smallest absolute Gasteiger partial charge is 0.337 e. The second kappa shape index (κ2) is 4.77. The van der Waals surface area contributed by atoms with Crippen LogP contribution < -0.4 is 0 Å². The molecule has 0 radical (unpaired) electrons. The van der Waals surface area contributed by atoms with E-state index in [9.17, 15) is 9.18 Å². The topological polar surface area (TPSA) is 66.0 Å². The minimum atomic E-state index is -1.00. The van der Waals surface area contributed by atoms with Crippen molar-refractivity contribution in [2.75, 3.05) is 0 Å². The number of aromatic carboxylic acids is 1. The van der Waals surface area contributed by atoms with Gasteiger partial charge in [0, 0.05) is 18.3 Å². The van der Waals surface area contributed by atoms with Crippen LogP contribution in [0.25, 0.3) is 11.0 Å². The molecule has 0 amide bonds. The molecule has 0 aliphatic rings. The highest BCUT2D eigenvalue weighted by Crippen LogP contribution is 2.19. The van der Waals surface area contributed by atoms with Gasteiger partial charge in [0.15, 0.2) is 0 Å². The van der Waals surface area contributed by atoms with Gasteiger partial charge in [0.05, 0.1) is 16.6 Å². The lowest BCUT2D eigenvalue weighted by Crippen LogP contribution is -1.97. The van der Waals surface area contributed by atoms with Crippen molar-refractivity contribution in [3.05, 3.63) is 65.2 Å². The molecule has 0 fully saturated rings. The molecule has 0 saturated heterocycles. The molecule has 0 atom stereocenters. The molecule has 0 aliphatic heterocycles. The number of benzene rings is 1. The number of carbonyl (C=O) groups is 1. The van der Waals surface area contributed by atoms with Crippen molar-refractivity contribution in [1.29, 1.82) is 0 Å². The van der Waals surface area contributed by atoms with Gasteiger partial charge < -0.3 is 10.1 Å². The number of aromatic nitrogens is 2. The first-order chi connectivity index (χ1) is 9.63. The third-order valence-electron chi connectivity index (χ3n) is 3.09. The van der Waals surface area contributed by atoms with Crippen LogP contribution in [0.4, 0.5) is 4.39 Å². The fraction of sp³-hybridized carbons (Fsp3) is 0.0667. The maximum absolute atomic E-state index is 13.1. The standard InChI is InChI=1S/C15H11FN2O2/c16-10-3-1-2-9(6-10)7-11-8-13-14(18-11)12(15(19)20)4-5-17-13/h1-6,8,18H,7H2,(H,19,20). The third-order valence-corrected chi connectivity index (χ3v) is 3.09. The molecular formula is C15H11FN2O2. The average Bonchev–Trinajstić information content (AvgIpc) is 2.80. The number of hydrogen-bond acceptors (Lipinski definition) is 2. The molecule has 0 bridgehead atoms. The number of nitrogens with zero attached hydrogens (tertiary/aromatic N) is 1. The second-order valence-corrected chi connectivity index (χ2v) is 4.53. The SMILES string of the molecule is O=C(O)c1ccnc2cc(Cc3cccc(F)c3)[nH]c12. The van der Waals surface area contributed by atoms with E-state index < -0.39 is 5.97 Å². The van der Waals surface area contributed by atoms with Crippen LogP contribution in [0.1, 0.15) is 21.6 Å². The fourth-order valence-corrected chi connectivity index (χ4v) is 2.22. The zero-order valence-corrected chi connectivity index (χ0v) is 10.4. The average molecular weight is 270 g/mol. The number of carboxylic acids is 1. The second-order valence-electron chi connectivity index (χ2n) is 4.53. The van der Waals surface area contributed by atoms with Gasteiger partial charge >= 0.3 is 5.97 Å². The zero-order chi connectivity index (χ0) is 14.1. The van der Waals surface area contributed by atoms with Crippen molar-refractivity contribution in [3.8, 4) is 0 Å². The van der Waals surface area contributed by atoms with Crippen LogP contribution in [0.5, 0.6) is 0 Å². The molecule has 0 unspecified atom stereocenters. The summed E-state index contributed by atoms with van der Waals surface area (Å²) in [5, 5.41) is 9.12. The molecule has 3 aromatic rings. The van der Waals surface area contributed by atoms with Crippen molar-refractivity contribution in [3.63, 3.8) is 0 Å². The molecule has 3 rings (SSSR count). The van der Waals surface area contributed by atoms with Crippen molar-refractivity contribution < 1.29 is 14.3 Å². The fourth-order valence-electron chi connectivity index (χ4n) is 2.22. The van der Waals surface area contributed by atoms with E-state index in [0.717, 1.165) is 11.3 Å². The minimum absolute atomic E-state index is 0.181. The molecular weight excluding hydrogens is 259 g/mol. The number of pyridine rings is 1. The van der Waals surface area contributed by atoms with Crippen molar-refractivity contribution >= 4 is 17.0 Å². The van der Waals surface area contributed by atoms with Gasteiger partial charge in [0.2, 0.25) is 0 Å². The van der Waals surface area contributed by atoms with Gasteiger partial charge in [-0.3, -0.25) is 4.98 Å². The van der Waals surface area contributed by atoms with E-state index in [4.69, 9.17) is 5.11 Å². The molecule has 0 saturated carbocycles. The largest absolute Gasteiger partial charge is 0.478 e. The Morgan fingerprint density at radius 3 is 2.90 bits per heavy atom. The number of fused-ring (bicyclic) bond motifs is 1. The van der Waals surface area contributed by atoms with E-state index in [0.29, 0.717) is 17.5 Å². The molecule has 2 aromatic heterocycles. The van der Waals surface area contributed by atoms with Crippen LogP contribution in [0.3, 0.4) is 0 Å². The zero-order valence-electron chi connectivity index (χ0n) is 10.4. The number of nitrogens with one attached hydrogen (secondary N) is 1. The highest BCUT2D eigenvalue weighted by Gasteiger charge is 2.12. The lowest BCUT2D eigenvalue weighted by atomic mass is 10.1. The maximum Gasteiger partial charge on any atom is 0.337 e. The Morgan fingerprint density at radius 2 is 2.15 bits per heavy atom. The molecule has 2 heterocycles. The van der Waals surface area contributed by atoms with Crippen LogP contribution in [0, 0.1) is 5.82 Å². The summed E-state index contributed by atoms with van der Waals surface area (Å²) < 4.78 is 13.1. The van der Waals surface area contributed by atoms with E-state index in [2.05, 4.69) is 9.97 Å². The number of H-pyrrole nitrogens is 1. The van der Waals surface area contributed by atoms with Gasteiger partial charge in [-0.1, -0.05) is 12.1 Å². The van der Waals surface area contributed by atoms with E-state index in [1.54, 1.807) is 12.1 Å². The molecule has 0 spiro atoms.